The summed E-state index contributed by atoms with van der Waals surface area (Å²) in [5.41, 5.74) is -0.649. The van der Waals surface area contributed by atoms with Gasteiger partial charge >= 0.3 is 5.69 Å². The standard InChI is InChI=1S/C24H27F3N4O5S/c1-14(2)30-19-10-15(22(32)29-24(3)6-8-37(34,35)9-7-24)4-5-17(19)31(23(30)33)18-11-21(28-12-16(18)25)36-13-20(26)27/h4-5,10-12,14,20H,6-9,13H2,1-3H3,(H,29,32). The molecule has 1 fully saturated rings. The van der Waals surface area contributed by atoms with Gasteiger partial charge in [0.25, 0.3) is 12.3 Å². The van der Waals surface area contributed by atoms with E-state index in [-0.39, 0.29) is 53.0 Å². The van der Waals surface area contributed by atoms with Crippen LogP contribution in [0, 0.1) is 5.82 Å². The third kappa shape index (κ3) is 5.50. The molecule has 9 nitrogen and oxygen atoms in total. The fraction of sp³-hybridized carbons (Fsp3) is 0.458. The number of hydrogen-bond acceptors (Lipinski definition) is 6. The minimum absolute atomic E-state index is 0.0148. The summed E-state index contributed by atoms with van der Waals surface area (Å²) in [6, 6.07) is 5.20. The molecule has 3 aromatic rings. The van der Waals surface area contributed by atoms with Crippen LogP contribution in [-0.2, 0) is 9.84 Å². The first-order valence-corrected chi connectivity index (χ1v) is 13.5. The van der Waals surface area contributed by atoms with Crippen molar-refractivity contribution < 1.29 is 31.1 Å². The summed E-state index contributed by atoms with van der Waals surface area (Å²) in [5.74, 6) is -1.60. The van der Waals surface area contributed by atoms with Crippen LogP contribution < -0.4 is 15.7 Å². The molecule has 200 valence electrons. The topological polar surface area (TPSA) is 112 Å². The van der Waals surface area contributed by atoms with E-state index in [4.69, 9.17) is 4.74 Å². The number of alkyl halides is 2. The molecule has 1 amide bonds. The number of fused-ring (bicyclic) bond motifs is 1. The Morgan fingerprint density at radius 2 is 1.86 bits per heavy atom. The lowest BCUT2D eigenvalue weighted by atomic mass is 9.94. The molecule has 0 aliphatic carbocycles. The van der Waals surface area contributed by atoms with Gasteiger partial charge in [-0.15, -0.1) is 0 Å². The number of halogens is 3. The highest BCUT2D eigenvalue weighted by Crippen LogP contribution is 2.27. The van der Waals surface area contributed by atoms with Crippen molar-refractivity contribution in [3.8, 4) is 11.6 Å². The van der Waals surface area contributed by atoms with Crippen LogP contribution in [0.1, 0.15) is 50.0 Å². The largest absolute Gasteiger partial charge is 0.472 e. The quantitative estimate of drug-likeness (QED) is 0.493. The fourth-order valence-electron chi connectivity index (χ4n) is 4.36. The number of ether oxygens (including phenoxy) is 1. The van der Waals surface area contributed by atoms with Gasteiger partial charge in [0.15, 0.2) is 12.4 Å². The van der Waals surface area contributed by atoms with Gasteiger partial charge in [0.2, 0.25) is 5.88 Å². The van der Waals surface area contributed by atoms with Crippen molar-refractivity contribution in [2.24, 2.45) is 0 Å². The molecule has 1 saturated heterocycles. The van der Waals surface area contributed by atoms with Gasteiger partial charge in [-0.05, 0) is 51.8 Å². The molecule has 2 aromatic heterocycles. The average molecular weight is 541 g/mol. The van der Waals surface area contributed by atoms with Crippen LogP contribution in [0.5, 0.6) is 5.88 Å². The number of nitrogens with zero attached hydrogens (tertiary/aromatic N) is 3. The number of carbonyl (C=O) groups excluding carboxylic acids is 1. The first-order valence-electron chi connectivity index (χ1n) is 11.7. The number of benzene rings is 1. The Kier molecular flexibility index (Phi) is 7.10. The maximum Gasteiger partial charge on any atom is 0.334 e. The van der Waals surface area contributed by atoms with E-state index in [1.807, 2.05) is 0 Å². The zero-order valence-electron chi connectivity index (χ0n) is 20.5. The second-order valence-corrected chi connectivity index (χ2v) is 11.9. The highest BCUT2D eigenvalue weighted by atomic mass is 32.2. The maximum absolute atomic E-state index is 14.8. The lowest BCUT2D eigenvalue weighted by Crippen LogP contribution is -2.50. The minimum atomic E-state index is -3.11. The highest BCUT2D eigenvalue weighted by molar-refractivity contribution is 7.91. The Morgan fingerprint density at radius 1 is 1.19 bits per heavy atom. The number of amides is 1. The van der Waals surface area contributed by atoms with Gasteiger partial charge in [-0.25, -0.2) is 31.4 Å². The summed E-state index contributed by atoms with van der Waals surface area (Å²) in [5, 5.41) is 2.91. The van der Waals surface area contributed by atoms with Gasteiger partial charge in [0.05, 0.1) is 34.4 Å². The number of sulfone groups is 1. The molecule has 1 N–H and O–H groups in total. The summed E-state index contributed by atoms with van der Waals surface area (Å²) in [7, 11) is -3.11. The molecule has 1 aromatic carbocycles. The number of hydrogen-bond donors (Lipinski definition) is 1. The van der Waals surface area contributed by atoms with E-state index in [0.29, 0.717) is 5.52 Å². The smallest absolute Gasteiger partial charge is 0.334 e. The Bertz CT molecular complexity index is 1500. The second kappa shape index (κ2) is 9.84. The van der Waals surface area contributed by atoms with Crippen LogP contribution in [0.4, 0.5) is 13.2 Å². The molecule has 0 bridgehead atoms. The number of rotatable bonds is 7. The third-order valence-corrected chi connectivity index (χ3v) is 8.06. The van der Waals surface area contributed by atoms with Crippen molar-refractivity contribution in [2.45, 2.75) is 51.6 Å². The first-order chi connectivity index (χ1) is 17.3. The predicted octanol–water partition coefficient (Wildman–Crippen LogP) is 3.25. The van der Waals surface area contributed by atoms with Crippen molar-refractivity contribution in [3.63, 3.8) is 0 Å². The molecule has 0 radical (unpaired) electrons. The lowest BCUT2D eigenvalue weighted by Gasteiger charge is -2.34. The summed E-state index contributed by atoms with van der Waals surface area (Å²) in [6.45, 7) is 4.35. The SMILES string of the molecule is CC(C)n1c(=O)n(-c2cc(OCC(F)F)ncc2F)c2ccc(C(=O)NC3(C)CCS(=O)(=O)CC3)cc21. The lowest BCUT2D eigenvalue weighted by molar-refractivity contribution is 0.0795. The van der Waals surface area contributed by atoms with E-state index in [1.165, 1.54) is 22.8 Å². The molecule has 1 aliphatic heterocycles. The maximum atomic E-state index is 14.8. The Hall–Kier alpha value is -3.35. The van der Waals surface area contributed by atoms with E-state index >= 15 is 0 Å². The summed E-state index contributed by atoms with van der Waals surface area (Å²) >= 11 is 0. The highest BCUT2D eigenvalue weighted by Gasteiger charge is 2.35. The number of aromatic nitrogens is 3. The van der Waals surface area contributed by atoms with Crippen molar-refractivity contribution >= 4 is 26.8 Å². The third-order valence-electron chi connectivity index (χ3n) is 6.40. The molecule has 4 rings (SSSR count). The van der Waals surface area contributed by atoms with Gasteiger partial charge in [-0.2, -0.15) is 0 Å². The van der Waals surface area contributed by atoms with E-state index in [9.17, 15) is 31.2 Å². The number of nitrogens with one attached hydrogen (secondary N) is 1. The molecule has 0 unspecified atom stereocenters. The normalized spacial score (nSPS) is 16.9. The fourth-order valence-corrected chi connectivity index (χ4v) is 6.09. The zero-order valence-corrected chi connectivity index (χ0v) is 21.3. The molecule has 0 saturated carbocycles. The van der Waals surface area contributed by atoms with Gasteiger partial charge in [0, 0.05) is 23.2 Å². The van der Waals surface area contributed by atoms with Crippen LogP contribution in [0.3, 0.4) is 0 Å². The number of pyridine rings is 1. The average Bonchev–Trinajstić information content (AvgIpc) is 3.11. The monoisotopic (exact) mass is 540 g/mol. The first kappa shape index (κ1) is 26.7. The van der Waals surface area contributed by atoms with Crippen molar-refractivity contribution in [1.29, 1.82) is 0 Å². The molecule has 0 atom stereocenters. The van der Waals surface area contributed by atoms with Crippen molar-refractivity contribution in [2.75, 3.05) is 18.1 Å². The summed E-state index contributed by atoms with van der Waals surface area (Å²) in [6.07, 6.45) is -1.40. The molecular weight excluding hydrogens is 513 g/mol. The van der Waals surface area contributed by atoms with Gasteiger partial charge in [0.1, 0.15) is 9.84 Å². The van der Waals surface area contributed by atoms with Crippen LogP contribution >= 0.6 is 0 Å². The van der Waals surface area contributed by atoms with Gasteiger partial charge in [-0.1, -0.05) is 0 Å². The molecule has 3 heterocycles. The minimum Gasteiger partial charge on any atom is -0.472 e. The van der Waals surface area contributed by atoms with Gasteiger partial charge < -0.3 is 10.1 Å². The number of imidazole rings is 1. The van der Waals surface area contributed by atoms with E-state index in [2.05, 4.69) is 10.3 Å². The molecule has 1 aliphatic rings. The van der Waals surface area contributed by atoms with Crippen molar-refractivity contribution in [1.82, 2.24) is 19.4 Å². The molecule has 0 spiro atoms. The van der Waals surface area contributed by atoms with Crippen LogP contribution in [0.25, 0.3) is 16.7 Å². The van der Waals surface area contributed by atoms with Crippen LogP contribution in [-0.4, -0.2) is 58.5 Å². The summed E-state index contributed by atoms with van der Waals surface area (Å²) in [4.78, 5) is 30.1. The van der Waals surface area contributed by atoms with Crippen LogP contribution in [0.2, 0.25) is 0 Å². The predicted molar refractivity (Wildman–Crippen MR) is 131 cm³/mol. The Balaban J connectivity index is 1.75. The molecule has 13 heteroatoms. The summed E-state index contributed by atoms with van der Waals surface area (Å²) < 4.78 is 70.8. The molecule has 37 heavy (non-hydrogen) atoms. The van der Waals surface area contributed by atoms with Crippen molar-refractivity contribution in [3.05, 3.63) is 52.3 Å². The van der Waals surface area contributed by atoms with Crippen LogP contribution in [0.15, 0.2) is 35.3 Å². The number of carbonyl (C=O) groups is 1. The van der Waals surface area contributed by atoms with E-state index in [1.54, 1.807) is 20.8 Å². The Labute approximate surface area is 211 Å². The zero-order chi connectivity index (χ0) is 27.1. The molecular formula is C24H27F3N4O5S. The van der Waals surface area contributed by atoms with E-state index < -0.39 is 45.8 Å². The second-order valence-electron chi connectivity index (χ2n) is 9.63. The Morgan fingerprint density at radius 3 is 2.49 bits per heavy atom. The van der Waals surface area contributed by atoms with E-state index in [0.717, 1.165) is 16.8 Å². The van der Waals surface area contributed by atoms with Gasteiger partial charge in [-0.3, -0.25) is 13.9 Å².